The molecule has 0 saturated carbocycles. The molecule has 1 aromatic heterocycles. The number of nitrogens with one attached hydrogen (secondary N) is 1. The monoisotopic (exact) mass is 299 g/mol. The van der Waals surface area contributed by atoms with E-state index in [-0.39, 0.29) is 11.9 Å². The molecule has 1 nitrogen and oxygen atoms in total. The van der Waals surface area contributed by atoms with Gasteiger partial charge in [0.25, 0.3) is 0 Å². The molecule has 16 heavy (non-hydrogen) atoms. The summed E-state index contributed by atoms with van der Waals surface area (Å²) in [6.45, 7) is 0. The number of hydrogen-bond donors (Lipinski definition) is 1. The number of halogens is 2. The van der Waals surface area contributed by atoms with E-state index in [9.17, 15) is 4.39 Å². The minimum atomic E-state index is -0.201. The van der Waals surface area contributed by atoms with Crippen molar-refractivity contribution in [1.29, 1.82) is 0 Å². The third-order valence-electron chi connectivity index (χ3n) is 2.34. The maximum absolute atomic E-state index is 13.2. The highest BCUT2D eigenvalue weighted by molar-refractivity contribution is 9.10. The molecule has 1 heterocycles. The Bertz CT molecular complexity index is 483. The summed E-state index contributed by atoms with van der Waals surface area (Å²) in [5.74, 6) is -0.201. The summed E-state index contributed by atoms with van der Waals surface area (Å²) in [4.78, 5) is 1.17. The Morgan fingerprint density at radius 1 is 1.38 bits per heavy atom. The molecule has 0 fully saturated rings. The molecule has 2 aromatic rings. The van der Waals surface area contributed by atoms with Crippen LogP contribution in [0.3, 0.4) is 0 Å². The summed E-state index contributed by atoms with van der Waals surface area (Å²) in [6, 6.07) is 8.79. The maximum atomic E-state index is 13.2. The van der Waals surface area contributed by atoms with E-state index in [1.165, 1.54) is 10.9 Å². The zero-order valence-electron chi connectivity index (χ0n) is 8.71. The van der Waals surface area contributed by atoms with E-state index in [4.69, 9.17) is 0 Å². The van der Waals surface area contributed by atoms with Crippen molar-refractivity contribution in [3.63, 3.8) is 0 Å². The fourth-order valence-corrected chi connectivity index (χ4v) is 3.22. The first-order valence-corrected chi connectivity index (χ1v) is 6.54. The number of rotatable bonds is 3. The highest BCUT2D eigenvalue weighted by Crippen LogP contribution is 2.29. The summed E-state index contributed by atoms with van der Waals surface area (Å²) >= 11 is 5.08. The second-order valence-corrected chi connectivity index (χ2v) is 5.30. The van der Waals surface area contributed by atoms with Crippen LogP contribution in [0.5, 0.6) is 0 Å². The average molecular weight is 300 g/mol. The van der Waals surface area contributed by atoms with Gasteiger partial charge >= 0.3 is 0 Å². The van der Waals surface area contributed by atoms with Gasteiger partial charge in [0, 0.05) is 14.7 Å². The maximum Gasteiger partial charge on any atom is 0.123 e. The molecule has 0 amide bonds. The largest absolute Gasteiger partial charge is 0.309 e. The molecule has 0 spiro atoms. The molecule has 2 rings (SSSR count). The van der Waals surface area contributed by atoms with Crippen LogP contribution >= 0.6 is 27.3 Å². The first-order valence-electron chi connectivity index (χ1n) is 4.87. The molecule has 4 heteroatoms. The Hall–Kier alpha value is -0.710. The molecule has 1 N–H and O–H groups in total. The van der Waals surface area contributed by atoms with Crippen LogP contribution in [-0.4, -0.2) is 7.05 Å². The lowest BCUT2D eigenvalue weighted by molar-refractivity contribution is 0.618. The molecule has 0 aliphatic carbocycles. The van der Waals surface area contributed by atoms with E-state index in [1.54, 1.807) is 23.5 Å². The van der Waals surface area contributed by atoms with Gasteiger partial charge in [0.2, 0.25) is 0 Å². The normalized spacial score (nSPS) is 12.7. The highest BCUT2D eigenvalue weighted by atomic mass is 79.9. The number of benzene rings is 1. The van der Waals surface area contributed by atoms with Crippen molar-refractivity contribution in [2.24, 2.45) is 0 Å². The van der Waals surface area contributed by atoms with Crippen LogP contribution in [-0.2, 0) is 0 Å². The molecule has 84 valence electrons. The van der Waals surface area contributed by atoms with Gasteiger partial charge in [-0.1, -0.05) is 12.1 Å². The smallest absolute Gasteiger partial charge is 0.123 e. The first kappa shape index (κ1) is 11.8. The van der Waals surface area contributed by atoms with Crippen molar-refractivity contribution in [3.05, 3.63) is 56.4 Å². The zero-order valence-corrected chi connectivity index (χ0v) is 11.1. The van der Waals surface area contributed by atoms with Crippen LogP contribution in [0, 0.1) is 5.82 Å². The third-order valence-corrected chi connectivity index (χ3v) is 4.10. The molecular weight excluding hydrogens is 289 g/mol. The van der Waals surface area contributed by atoms with Crippen molar-refractivity contribution in [2.45, 2.75) is 6.04 Å². The standard InChI is InChI=1S/C12H11BrFNS/c1-15-12(11-6-9(13)7-16-11)8-3-2-4-10(14)5-8/h2-7,12,15H,1H3. The van der Waals surface area contributed by atoms with E-state index in [1.807, 2.05) is 18.5 Å². The minimum Gasteiger partial charge on any atom is -0.309 e. The van der Waals surface area contributed by atoms with Gasteiger partial charge in [-0.05, 0) is 46.7 Å². The number of hydrogen-bond acceptors (Lipinski definition) is 2. The molecule has 1 unspecified atom stereocenters. The van der Waals surface area contributed by atoms with Crippen LogP contribution in [0.15, 0.2) is 40.2 Å². The lowest BCUT2D eigenvalue weighted by Gasteiger charge is -2.14. The summed E-state index contributed by atoms with van der Waals surface area (Å²) in [6.07, 6.45) is 0. The molecule has 1 aromatic carbocycles. The molecule has 0 bridgehead atoms. The van der Waals surface area contributed by atoms with E-state index in [0.717, 1.165) is 10.0 Å². The molecule has 0 aliphatic rings. The Kier molecular flexibility index (Phi) is 3.74. The third kappa shape index (κ3) is 2.51. The molecule has 0 saturated heterocycles. The van der Waals surface area contributed by atoms with Crippen molar-refractivity contribution in [3.8, 4) is 0 Å². The van der Waals surface area contributed by atoms with Gasteiger partial charge in [-0.25, -0.2) is 4.39 Å². The van der Waals surface area contributed by atoms with Crippen LogP contribution in [0.25, 0.3) is 0 Å². The van der Waals surface area contributed by atoms with Crippen molar-refractivity contribution in [1.82, 2.24) is 5.32 Å². The molecule has 0 aliphatic heterocycles. The quantitative estimate of drug-likeness (QED) is 0.905. The molecular formula is C12H11BrFNS. The predicted octanol–water partition coefficient (Wildman–Crippen LogP) is 3.96. The SMILES string of the molecule is CNC(c1cccc(F)c1)c1cc(Br)cs1. The van der Waals surface area contributed by atoms with Crippen LogP contribution in [0.1, 0.15) is 16.5 Å². The summed E-state index contributed by atoms with van der Waals surface area (Å²) in [5.41, 5.74) is 0.942. The van der Waals surface area contributed by atoms with Gasteiger partial charge in [0.1, 0.15) is 5.82 Å². The second-order valence-electron chi connectivity index (χ2n) is 3.44. The van der Waals surface area contributed by atoms with E-state index in [0.29, 0.717) is 0 Å². The van der Waals surface area contributed by atoms with E-state index >= 15 is 0 Å². The minimum absolute atomic E-state index is 0.0481. The highest BCUT2D eigenvalue weighted by Gasteiger charge is 2.14. The van der Waals surface area contributed by atoms with Gasteiger partial charge in [0.05, 0.1) is 6.04 Å². The lowest BCUT2D eigenvalue weighted by atomic mass is 10.1. The second kappa shape index (κ2) is 5.08. The van der Waals surface area contributed by atoms with Crippen molar-refractivity contribution in [2.75, 3.05) is 7.05 Å². The van der Waals surface area contributed by atoms with E-state index in [2.05, 4.69) is 27.3 Å². The van der Waals surface area contributed by atoms with E-state index < -0.39 is 0 Å². The van der Waals surface area contributed by atoms with Crippen molar-refractivity contribution < 1.29 is 4.39 Å². The van der Waals surface area contributed by atoms with Crippen LogP contribution < -0.4 is 5.32 Å². The molecule has 1 atom stereocenters. The average Bonchev–Trinajstić information content (AvgIpc) is 2.66. The van der Waals surface area contributed by atoms with Gasteiger partial charge in [0.15, 0.2) is 0 Å². The first-order chi connectivity index (χ1) is 7.70. The zero-order chi connectivity index (χ0) is 11.5. The Balaban J connectivity index is 2.36. The van der Waals surface area contributed by atoms with Gasteiger partial charge in [-0.15, -0.1) is 11.3 Å². The van der Waals surface area contributed by atoms with Crippen molar-refractivity contribution >= 4 is 27.3 Å². The Morgan fingerprint density at radius 2 is 2.19 bits per heavy atom. The predicted molar refractivity (Wildman–Crippen MR) is 69.3 cm³/mol. The summed E-state index contributed by atoms with van der Waals surface area (Å²) in [5, 5.41) is 5.22. The fourth-order valence-electron chi connectivity index (χ4n) is 1.64. The van der Waals surface area contributed by atoms with Gasteiger partial charge < -0.3 is 5.32 Å². The Morgan fingerprint density at radius 3 is 2.75 bits per heavy atom. The Labute approximate surface area is 106 Å². The fraction of sp³-hybridized carbons (Fsp3) is 0.167. The topological polar surface area (TPSA) is 12.0 Å². The summed E-state index contributed by atoms with van der Waals surface area (Å²) in [7, 11) is 1.88. The van der Waals surface area contributed by atoms with Crippen LogP contribution in [0.2, 0.25) is 0 Å². The number of thiophene rings is 1. The summed E-state index contributed by atoms with van der Waals surface area (Å²) < 4.78 is 14.2. The van der Waals surface area contributed by atoms with Gasteiger partial charge in [-0.2, -0.15) is 0 Å². The molecule has 0 radical (unpaired) electrons. The lowest BCUT2D eigenvalue weighted by Crippen LogP contribution is -2.16. The van der Waals surface area contributed by atoms with Gasteiger partial charge in [-0.3, -0.25) is 0 Å². The van der Waals surface area contributed by atoms with Crippen LogP contribution in [0.4, 0.5) is 4.39 Å².